The number of hydrogen-bond donors (Lipinski definition) is 1. The molecule has 3 aromatic rings. The molecule has 11 heteroatoms. The average molecular weight is 441 g/mol. The van der Waals surface area contributed by atoms with Crippen LogP contribution in [0.4, 0.5) is 0 Å². The van der Waals surface area contributed by atoms with Gasteiger partial charge in [0.1, 0.15) is 11.4 Å². The molecule has 0 aromatic carbocycles. The zero-order valence-electron chi connectivity index (χ0n) is 18.5. The fraction of sp³-hybridized carbons (Fsp3) is 0.571. The van der Waals surface area contributed by atoms with Gasteiger partial charge in [-0.1, -0.05) is 19.1 Å². The van der Waals surface area contributed by atoms with Gasteiger partial charge in [-0.2, -0.15) is 0 Å². The van der Waals surface area contributed by atoms with Crippen LogP contribution in [0.15, 0.2) is 18.3 Å². The summed E-state index contributed by atoms with van der Waals surface area (Å²) >= 11 is 0. The fourth-order valence-corrected chi connectivity index (χ4v) is 4.01. The number of aryl methyl sites for hydroxylation is 1. The zero-order valence-corrected chi connectivity index (χ0v) is 18.5. The Labute approximate surface area is 185 Å². The average Bonchev–Trinajstić information content (AvgIpc) is 3.35. The molecule has 11 nitrogen and oxygen atoms in total. The van der Waals surface area contributed by atoms with Crippen LogP contribution in [-0.4, -0.2) is 57.4 Å². The lowest BCUT2D eigenvalue weighted by Gasteiger charge is -2.27. The van der Waals surface area contributed by atoms with Gasteiger partial charge in [0.2, 0.25) is 0 Å². The van der Waals surface area contributed by atoms with Crippen LogP contribution in [0.2, 0.25) is 0 Å². The van der Waals surface area contributed by atoms with E-state index in [4.69, 9.17) is 4.74 Å². The highest BCUT2D eigenvalue weighted by molar-refractivity contribution is 5.70. The van der Waals surface area contributed by atoms with Crippen molar-refractivity contribution >= 4 is 5.97 Å². The van der Waals surface area contributed by atoms with Gasteiger partial charge in [0, 0.05) is 13.5 Å². The third-order valence-corrected chi connectivity index (χ3v) is 5.70. The third kappa shape index (κ3) is 4.92. The van der Waals surface area contributed by atoms with E-state index >= 15 is 0 Å². The minimum Gasteiger partial charge on any atom is -0.489 e. The number of tetrazole rings is 1. The van der Waals surface area contributed by atoms with Crippen molar-refractivity contribution < 1.29 is 14.6 Å². The van der Waals surface area contributed by atoms with Crippen LogP contribution in [0, 0.1) is 11.8 Å². The van der Waals surface area contributed by atoms with Crippen molar-refractivity contribution in [1.82, 2.24) is 40.2 Å². The summed E-state index contributed by atoms with van der Waals surface area (Å²) in [6.45, 7) is 4.68. The molecule has 3 heterocycles. The lowest BCUT2D eigenvalue weighted by molar-refractivity contribution is -0.143. The quantitative estimate of drug-likeness (QED) is 0.559. The summed E-state index contributed by atoms with van der Waals surface area (Å²) in [5.74, 6) is 0.787. The summed E-state index contributed by atoms with van der Waals surface area (Å²) in [6, 6.07) is 3.68. The van der Waals surface area contributed by atoms with E-state index < -0.39 is 5.97 Å². The fourth-order valence-electron chi connectivity index (χ4n) is 4.01. The Morgan fingerprint density at radius 2 is 2.09 bits per heavy atom. The van der Waals surface area contributed by atoms with Crippen LogP contribution in [0.1, 0.15) is 51.0 Å². The number of ether oxygens (including phenoxy) is 1. The molecule has 4 rings (SSSR count). The first-order valence-electron chi connectivity index (χ1n) is 10.9. The number of pyridine rings is 1. The summed E-state index contributed by atoms with van der Waals surface area (Å²) in [5, 5.41) is 29.8. The second kappa shape index (κ2) is 9.41. The summed E-state index contributed by atoms with van der Waals surface area (Å²) in [7, 11) is 1.83. The molecule has 1 fully saturated rings. The molecule has 0 aliphatic heterocycles. The van der Waals surface area contributed by atoms with Crippen LogP contribution in [0.25, 0.3) is 11.4 Å². The highest BCUT2D eigenvalue weighted by Crippen LogP contribution is 2.29. The maximum absolute atomic E-state index is 11.3. The van der Waals surface area contributed by atoms with E-state index in [2.05, 4.69) is 44.7 Å². The van der Waals surface area contributed by atoms with E-state index in [1.54, 1.807) is 15.6 Å². The zero-order chi connectivity index (χ0) is 22.7. The molecule has 1 aliphatic carbocycles. The van der Waals surface area contributed by atoms with Gasteiger partial charge in [-0.3, -0.25) is 9.78 Å². The van der Waals surface area contributed by atoms with E-state index in [1.165, 1.54) is 0 Å². The smallest absolute Gasteiger partial charge is 0.306 e. The van der Waals surface area contributed by atoms with E-state index in [1.807, 2.05) is 19.2 Å². The second-order valence-corrected chi connectivity index (χ2v) is 8.68. The standard InChI is InChI=1S/C21H28N8O3/c1-13(2)9-19-23-25-27-29(19)12-18-20(24-26-28(18)3)17-8-7-16(11-22-17)32-15-6-4-5-14(10-15)21(30)31/h7-8,11,13-15H,4-6,9-10,12H2,1-3H3,(H,30,31)/t14-,15-/m0/s1. The normalized spacial score (nSPS) is 18.8. The Kier molecular flexibility index (Phi) is 6.42. The number of carboxylic acids is 1. The predicted molar refractivity (Wildman–Crippen MR) is 114 cm³/mol. The Hall–Kier alpha value is -3.37. The van der Waals surface area contributed by atoms with E-state index in [0.717, 1.165) is 30.8 Å². The first-order valence-corrected chi connectivity index (χ1v) is 10.9. The molecule has 2 atom stereocenters. The minimum atomic E-state index is -0.749. The van der Waals surface area contributed by atoms with Crippen molar-refractivity contribution in [3.8, 4) is 17.1 Å². The Morgan fingerprint density at radius 3 is 2.81 bits per heavy atom. The Balaban J connectivity index is 1.48. The third-order valence-electron chi connectivity index (χ3n) is 5.70. The van der Waals surface area contributed by atoms with Gasteiger partial charge < -0.3 is 9.84 Å². The van der Waals surface area contributed by atoms with E-state index in [0.29, 0.717) is 42.4 Å². The summed E-state index contributed by atoms with van der Waals surface area (Å²) in [6.07, 6.45) is 5.26. The van der Waals surface area contributed by atoms with Gasteiger partial charge in [-0.05, 0) is 54.2 Å². The number of nitrogens with zero attached hydrogens (tertiary/aromatic N) is 8. The number of carbonyl (C=O) groups is 1. The molecule has 3 aromatic heterocycles. The van der Waals surface area contributed by atoms with Crippen molar-refractivity contribution in [2.75, 3.05) is 0 Å². The van der Waals surface area contributed by atoms with E-state index in [9.17, 15) is 9.90 Å². The van der Waals surface area contributed by atoms with Gasteiger partial charge in [0.15, 0.2) is 5.82 Å². The molecule has 0 radical (unpaired) electrons. The number of aromatic nitrogens is 8. The summed E-state index contributed by atoms with van der Waals surface area (Å²) < 4.78 is 9.47. The molecule has 32 heavy (non-hydrogen) atoms. The van der Waals surface area contributed by atoms with Crippen LogP contribution in [-0.2, 0) is 24.8 Å². The topological polar surface area (TPSA) is 134 Å². The van der Waals surface area contributed by atoms with Crippen molar-refractivity contribution in [3.05, 3.63) is 29.8 Å². The predicted octanol–water partition coefficient (Wildman–Crippen LogP) is 2.13. The summed E-state index contributed by atoms with van der Waals surface area (Å²) in [5.41, 5.74) is 2.18. The van der Waals surface area contributed by atoms with Crippen LogP contribution >= 0.6 is 0 Å². The Bertz CT molecular complexity index is 1060. The molecule has 0 amide bonds. The highest BCUT2D eigenvalue weighted by atomic mass is 16.5. The lowest BCUT2D eigenvalue weighted by Crippen LogP contribution is -2.29. The van der Waals surface area contributed by atoms with Gasteiger partial charge >= 0.3 is 5.97 Å². The van der Waals surface area contributed by atoms with Crippen molar-refractivity contribution in [1.29, 1.82) is 0 Å². The van der Waals surface area contributed by atoms with E-state index in [-0.39, 0.29) is 12.0 Å². The van der Waals surface area contributed by atoms with Crippen LogP contribution < -0.4 is 4.74 Å². The molecule has 170 valence electrons. The largest absolute Gasteiger partial charge is 0.489 e. The molecule has 1 saturated carbocycles. The Morgan fingerprint density at radius 1 is 1.25 bits per heavy atom. The minimum absolute atomic E-state index is 0.108. The maximum atomic E-state index is 11.3. The number of aliphatic carboxylic acids is 1. The van der Waals surface area contributed by atoms with Crippen molar-refractivity contribution in [2.24, 2.45) is 18.9 Å². The van der Waals surface area contributed by atoms with Crippen LogP contribution in [0.5, 0.6) is 5.75 Å². The SMILES string of the molecule is CC(C)Cc1nnnn1Cc1c(-c2ccc(O[C@H]3CCC[C@H](C(=O)O)C3)cn2)nnn1C. The number of hydrogen-bond acceptors (Lipinski definition) is 8. The molecular formula is C21H28N8O3. The monoisotopic (exact) mass is 440 g/mol. The molecule has 1 aliphatic rings. The second-order valence-electron chi connectivity index (χ2n) is 8.68. The molecule has 0 bridgehead atoms. The lowest BCUT2D eigenvalue weighted by atomic mass is 9.87. The molecular weight excluding hydrogens is 412 g/mol. The summed E-state index contributed by atoms with van der Waals surface area (Å²) in [4.78, 5) is 15.8. The van der Waals surface area contributed by atoms with Crippen molar-refractivity contribution in [2.45, 2.75) is 58.6 Å². The van der Waals surface area contributed by atoms with Gasteiger partial charge in [-0.25, -0.2) is 9.36 Å². The molecule has 0 unspecified atom stereocenters. The number of carboxylic acid groups (broad SMARTS) is 1. The van der Waals surface area contributed by atoms with Crippen molar-refractivity contribution in [3.63, 3.8) is 0 Å². The van der Waals surface area contributed by atoms with Crippen LogP contribution in [0.3, 0.4) is 0 Å². The molecule has 1 N–H and O–H groups in total. The highest BCUT2D eigenvalue weighted by Gasteiger charge is 2.28. The van der Waals surface area contributed by atoms with Gasteiger partial charge in [0.25, 0.3) is 0 Å². The first kappa shape index (κ1) is 21.8. The number of rotatable bonds is 8. The van der Waals surface area contributed by atoms with Gasteiger partial charge in [0.05, 0.1) is 36.2 Å². The molecule has 0 saturated heterocycles. The van der Waals surface area contributed by atoms with Gasteiger partial charge in [-0.15, -0.1) is 10.2 Å². The maximum Gasteiger partial charge on any atom is 0.306 e. The first-order chi connectivity index (χ1) is 15.4. The molecule has 0 spiro atoms.